The number of hydrogen-bond donors (Lipinski definition) is 0. The fourth-order valence-electron chi connectivity index (χ4n) is 1.88. The molecule has 0 spiro atoms. The molecule has 0 saturated carbocycles. The van der Waals surface area contributed by atoms with E-state index in [0.717, 1.165) is 23.7 Å². The van der Waals surface area contributed by atoms with Crippen LogP contribution in [0.3, 0.4) is 0 Å². The molecule has 0 atom stereocenters. The van der Waals surface area contributed by atoms with E-state index in [4.69, 9.17) is 4.74 Å². The number of amidine groups is 1. The first-order chi connectivity index (χ1) is 8.36. The van der Waals surface area contributed by atoms with Crippen LogP contribution >= 0.6 is 0 Å². The largest absolute Gasteiger partial charge is 0.483 e. The van der Waals surface area contributed by atoms with Gasteiger partial charge in [-0.25, -0.2) is 0 Å². The average Bonchev–Trinajstić information content (AvgIpc) is 2.62. The minimum absolute atomic E-state index is 0.0285. The molecular weight excluding hydrogens is 216 g/mol. The number of amides is 1. The fourth-order valence-corrected chi connectivity index (χ4v) is 1.88. The Labute approximate surface area is 101 Å². The smallest absolute Gasteiger partial charge is 0.254 e. The van der Waals surface area contributed by atoms with Crippen LogP contribution in [0.15, 0.2) is 40.8 Å². The number of carbonyl (C=O) groups is 1. The van der Waals surface area contributed by atoms with Gasteiger partial charge in [0.25, 0.3) is 5.91 Å². The summed E-state index contributed by atoms with van der Waals surface area (Å²) in [5.74, 6) is 1.51. The highest BCUT2D eigenvalue weighted by Crippen LogP contribution is 2.25. The molecule has 0 aromatic rings. The zero-order chi connectivity index (χ0) is 12.3. The van der Waals surface area contributed by atoms with Gasteiger partial charge in [-0.05, 0) is 18.6 Å². The van der Waals surface area contributed by atoms with Crippen molar-refractivity contribution in [3.8, 4) is 0 Å². The first kappa shape index (κ1) is 11.6. The normalized spacial score (nSPS) is 20.9. The fraction of sp³-hybridized carbons (Fsp3) is 0.385. The zero-order valence-corrected chi connectivity index (χ0v) is 10.1. The molecule has 0 unspecified atom stereocenters. The molecule has 0 aromatic heterocycles. The summed E-state index contributed by atoms with van der Waals surface area (Å²) in [6.07, 6.45) is 8.73. The molecule has 90 valence electrons. The van der Waals surface area contributed by atoms with Crippen molar-refractivity contribution in [2.24, 2.45) is 4.99 Å². The molecule has 0 radical (unpaired) electrons. The standard InChI is InChI=1S/C11H10N2O2.C2H6/c14-11-6-12-10-7-15-9-5-3-1-2-4-8(9)13(10)11;1-2/h2-5H,1,6-7H2;1-2H3. The van der Waals surface area contributed by atoms with Crippen molar-refractivity contribution in [2.45, 2.75) is 20.3 Å². The van der Waals surface area contributed by atoms with Gasteiger partial charge in [0.1, 0.15) is 24.7 Å². The Morgan fingerprint density at radius 3 is 2.88 bits per heavy atom. The van der Waals surface area contributed by atoms with Crippen molar-refractivity contribution in [2.75, 3.05) is 13.2 Å². The Morgan fingerprint density at radius 1 is 1.29 bits per heavy atom. The maximum absolute atomic E-state index is 11.6. The SMILES string of the molecule is CC.O=C1CN=C2COC3=C(C=CCC=C3)N12. The van der Waals surface area contributed by atoms with Crippen LogP contribution in [-0.2, 0) is 9.53 Å². The summed E-state index contributed by atoms with van der Waals surface area (Å²) >= 11 is 0. The lowest BCUT2D eigenvalue weighted by Crippen LogP contribution is -2.37. The van der Waals surface area contributed by atoms with E-state index in [1.807, 2.05) is 38.2 Å². The molecular formula is C13H16N2O2. The van der Waals surface area contributed by atoms with Crippen molar-refractivity contribution in [3.05, 3.63) is 35.8 Å². The van der Waals surface area contributed by atoms with Gasteiger partial charge >= 0.3 is 0 Å². The van der Waals surface area contributed by atoms with Gasteiger partial charge in [-0.3, -0.25) is 14.7 Å². The van der Waals surface area contributed by atoms with Gasteiger partial charge < -0.3 is 4.74 Å². The Kier molecular flexibility index (Phi) is 3.42. The molecule has 4 nitrogen and oxygen atoms in total. The summed E-state index contributed by atoms with van der Waals surface area (Å²) in [6.45, 7) is 4.63. The van der Waals surface area contributed by atoms with Gasteiger partial charge in [0.15, 0.2) is 0 Å². The molecule has 2 heterocycles. The first-order valence-electron chi connectivity index (χ1n) is 5.93. The molecule has 1 amide bonds. The van der Waals surface area contributed by atoms with Gasteiger partial charge in [-0.1, -0.05) is 26.0 Å². The summed E-state index contributed by atoms with van der Waals surface area (Å²) in [4.78, 5) is 17.4. The second-order valence-corrected chi connectivity index (χ2v) is 3.54. The Balaban J connectivity index is 0.000000514. The van der Waals surface area contributed by atoms with Gasteiger partial charge in [-0.15, -0.1) is 0 Å². The van der Waals surface area contributed by atoms with Crippen LogP contribution in [-0.4, -0.2) is 29.8 Å². The van der Waals surface area contributed by atoms with Crippen molar-refractivity contribution in [1.29, 1.82) is 0 Å². The van der Waals surface area contributed by atoms with E-state index in [1.165, 1.54) is 0 Å². The minimum atomic E-state index is 0.0285. The van der Waals surface area contributed by atoms with Gasteiger partial charge in [0.05, 0.1) is 5.70 Å². The van der Waals surface area contributed by atoms with Gasteiger partial charge in [0.2, 0.25) is 0 Å². The first-order valence-corrected chi connectivity index (χ1v) is 5.93. The second-order valence-electron chi connectivity index (χ2n) is 3.54. The van der Waals surface area contributed by atoms with E-state index in [9.17, 15) is 4.79 Å². The van der Waals surface area contributed by atoms with Crippen LogP contribution in [0, 0.1) is 0 Å². The predicted molar refractivity (Wildman–Crippen MR) is 66.4 cm³/mol. The molecule has 0 aromatic carbocycles. The topological polar surface area (TPSA) is 41.9 Å². The molecule has 2 aliphatic heterocycles. The lowest BCUT2D eigenvalue weighted by atomic mass is 10.2. The van der Waals surface area contributed by atoms with E-state index < -0.39 is 0 Å². The van der Waals surface area contributed by atoms with E-state index in [1.54, 1.807) is 4.90 Å². The average molecular weight is 232 g/mol. The molecule has 0 saturated heterocycles. The zero-order valence-electron chi connectivity index (χ0n) is 10.1. The Bertz CT molecular complexity index is 444. The number of carbonyl (C=O) groups excluding carboxylic acids is 1. The summed E-state index contributed by atoms with van der Waals surface area (Å²) in [6, 6.07) is 0. The lowest BCUT2D eigenvalue weighted by Gasteiger charge is -2.26. The van der Waals surface area contributed by atoms with E-state index in [-0.39, 0.29) is 12.5 Å². The molecule has 17 heavy (non-hydrogen) atoms. The lowest BCUT2D eigenvalue weighted by molar-refractivity contribution is -0.123. The number of hydrogen-bond acceptors (Lipinski definition) is 3. The maximum Gasteiger partial charge on any atom is 0.254 e. The maximum atomic E-state index is 11.6. The number of rotatable bonds is 0. The highest BCUT2D eigenvalue weighted by atomic mass is 16.5. The molecule has 0 N–H and O–H groups in total. The van der Waals surface area contributed by atoms with Gasteiger partial charge in [-0.2, -0.15) is 0 Å². The minimum Gasteiger partial charge on any atom is -0.483 e. The number of fused-ring (bicyclic) bond motifs is 2. The summed E-state index contributed by atoms with van der Waals surface area (Å²) < 4.78 is 5.54. The molecule has 0 bridgehead atoms. The quantitative estimate of drug-likeness (QED) is 0.641. The van der Waals surface area contributed by atoms with Crippen molar-refractivity contribution >= 4 is 11.7 Å². The molecule has 4 heteroatoms. The van der Waals surface area contributed by atoms with Crippen LogP contribution in [0.4, 0.5) is 0 Å². The van der Waals surface area contributed by atoms with Crippen molar-refractivity contribution in [3.63, 3.8) is 0 Å². The van der Waals surface area contributed by atoms with E-state index in [0.29, 0.717) is 6.61 Å². The number of ether oxygens (including phenoxy) is 1. The molecule has 1 aliphatic carbocycles. The number of nitrogens with zero attached hydrogens (tertiary/aromatic N) is 2. The third-order valence-electron chi connectivity index (χ3n) is 2.57. The number of allylic oxidation sites excluding steroid dienone is 4. The van der Waals surface area contributed by atoms with Crippen LogP contribution in [0.5, 0.6) is 0 Å². The monoisotopic (exact) mass is 232 g/mol. The Hall–Kier alpha value is -1.84. The Morgan fingerprint density at radius 2 is 2.06 bits per heavy atom. The highest BCUT2D eigenvalue weighted by Gasteiger charge is 2.33. The second kappa shape index (κ2) is 4.99. The summed E-state index contributed by atoms with van der Waals surface area (Å²) in [5.41, 5.74) is 0.816. The van der Waals surface area contributed by atoms with Gasteiger partial charge in [0, 0.05) is 0 Å². The third-order valence-corrected chi connectivity index (χ3v) is 2.57. The molecule has 3 aliphatic rings. The number of aliphatic imine (C=N–C) groups is 1. The van der Waals surface area contributed by atoms with Crippen molar-refractivity contribution < 1.29 is 9.53 Å². The van der Waals surface area contributed by atoms with Crippen LogP contribution in [0.25, 0.3) is 0 Å². The van der Waals surface area contributed by atoms with Crippen molar-refractivity contribution in [1.82, 2.24) is 4.90 Å². The molecule has 3 rings (SSSR count). The van der Waals surface area contributed by atoms with E-state index >= 15 is 0 Å². The van der Waals surface area contributed by atoms with E-state index in [2.05, 4.69) is 4.99 Å². The third kappa shape index (κ3) is 2.02. The van der Waals surface area contributed by atoms with Crippen LogP contribution < -0.4 is 0 Å². The van der Waals surface area contributed by atoms with Crippen LogP contribution in [0.2, 0.25) is 0 Å². The van der Waals surface area contributed by atoms with Crippen LogP contribution in [0.1, 0.15) is 20.3 Å². The summed E-state index contributed by atoms with van der Waals surface area (Å²) in [5, 5.41) is 0. The summed E-state index contributed by atoms with van der Waals surface area (Å²) in [7, 11) is 0. The predicted octanol–water partition coefficient (Wildman–Crippen LogP) is 2.01. The highest BCUT2D eigenvalue weighted by molar-refractivity contribution is 6.07. The molecule has 0 fully saturated rings.